The summed E-state index contributed by atoms with van der Waals surface area (Å²) in [6.07, 6.45) is 4.03. The number of rotatable bonds is 5. The van der Waals surface area contributed by atoms with Gasteiger partial charge in [-0.2, -0.15) is 5.26 Å². The van der Waals surface area contributed by atoms with Crippen molar-refractivity contribution in [1.29, 1.82) is 5.26 Å². The maximum atomic E-state index is 13.0. The lowest BCUT2D eigenvalue weighted by atomic mass is 9.96. The van der Waals surface area contributed by atoms with Crippen molar-refractivity contribution in [2.45, 2.75) is 25.7 Å². The van der Waals surface area contributed by atoms with Gasteiger partial charge in [0.2, 0.25) is 5.75 Å². The van der Waals surface area contributed by atoms with Gasteiger partial charge in [-0.1, -0.05) is 0 Å². The monoisotopic (exact) mass is 450 g/mol. The first-order valence-corrected chi connectivity index (χ1v) is 10.0. The summed E-state index contributed by atoms with van der Waals surface area (Å²) in [5.74, 6) is 0.797. The van der Waals surface area contributed by atoms with Gasteiger partial charge in [-0.3, -0.25) is 4.79 Å². The van der Waals surface area contributed by atoms with E-state index < -0.39 is 0 Å². The highest BCUT2D eigenvalue weighted by atomic mass is 79.9. The fraction of sp³-hybridized carbons (Fsp3) is 0.368. The topological polar surface area (TPSA) is 80.6 Å². The second-order valence-corrected chi connectivity index (χ2v) is 7.89. The average molecular weight is 451 g/mol. The number of aryl methyl sites for hydroxylation is 1. The van der Waals surface area contributed by atoms with Gasteiger partial charge in [0.15, 0.2) is 11.5 Å². The van der Waals surface area contributed by atoms with E-state index in [0.717, 1.165) is 31.2 Å². The summed E-state index contributed by atoms with van der Waals surface area (Å²) in [4.78, 5) is 14.1. The van der Waals surface area contributed by atoms with Crippen LogP contribution in [0.15, 0.2) is 10.5 Å². The Morgan fingerprint density at radius 3 is 2.52 bits per heavy atom. The Hall–Kier alpha value is -2.24. The third-order valence-corrected chi connectivity index (χ3v) is 6.52. The van der Waals surface area contributed by atoms with Gasteiger partial charge in [-0.25, -0.2) is 0 Å². The molecule has 3 rings (SSSR count). The van der Waals surface area contributed by atoms with E-state index in [1.165, 1.54) is 37.5 Å². The van der Waals surface area contributed by atoms with E-state index in [1.807, 2.05) is 0 Å². The number of nitrogens with zero attached hydrogens (tertiary/aromatic N) is 1. The lowest BCUT2D eigenvalue weighted by molar-refractivity contribution is 0.102. The highest BCUT2D eigenvalue weighted by molar-refractivity contribution is 9.10. The van der Waals surface area contributed by atoms with Gasteiger partial charge in [0, 0.05) is 4.88 Å². The van der Waals surface area contributed by atoms with Crippen molar-refractivity contribution < 1.29 is 19.0 Å². The zero-order chi connectivity index (χ0) is 19.6. The van der Waals surface area contributed by atoms with Gasteiger partial charge in [0.1, 0.15) is 11.1 Å². The quantitative estimate of drug-likeness (QED) is 0.722. The number of amides is 1. The number of hydrogen-bond donors (Lipinski definition) is 1. The SMILES string of the molecule is COc1cc(C(=O)Nc2sc3c(c2C#N)CCCC3)c(Br)c(OC)c1OC. The molecule has 8 heteroatoms. The summed E-state index contributed by atoms with van der Waals surface area (Å²) in [5, 5.41) is 13.1. The lowest BCUT2D eigenvalue weighted by Crippen LogP contribution is -2.14. The maximum absolute atomic E-state index is 13.0. The largest absolute Gasteiger partial charge is 0.493 e. The zero-order valence-electron chi connectivity index (χ0n) is 15.3. The number of methoxy groups -OCH3 is 3. The number of anilines is 1. The molecule has 6 nitrogen and oxygen atoms in total. The third kappa shape index (κ3) is 3.49. The Morgan fingerprint density at radius 1 is 1.19 bits per heavy atom. The average Bonchev–Trinajstić information content (AvgIpc) is 3.03. The molecule has 1 aromatic heterocycles. The van der Waals surface area contributed by atoms with Crippen LogP contribution in [0.3, 0.4) is 0 Å². The molecule has 142 valence electrons. The van der Waals surface area contributed by atoms with Gasteiger partial charge in [-0.05, 0) is 53.2 Å². The molecular weight excluding hydrogens is 432 g/mol. The smallest absolute Gasteiger partial charge is 0.257 e. The zero-order valence-corrected chi connectivity index (χ0v) is 17.7. The highest BCUT2D eigenvalue weighted by Gasteiger charge is 2.26. The van der Waals surface area contributed by atoms with E-state index in [9.17, 15) is 10.1 Å². The van der Waals surface area contributed by atoms with E-state index in [2.05, 4.69) is 27.3 Å². The van der Waals surface area contributed by atoms with Crippen molar-refractivity contribution in [3.8, 4) is 23.3 Å². The predicted molar refractivity (Wildman–Crippen MR) is 107 cm³/mol. The van der Waals surface area contributed by atoms with Crippen LogP contribution in [-0.4, -0.2) is 27.2 Å². The minimum absolute atomic E-state index is 0.333. The molecule has 0 aliphatic heterocycles. The Kier molecular flexibility index (Phi) is 5.92. The molecule has 1 aromatic carbocycles. The van der Waals surface area contributed by atoms with Crippen molar-refractivity contribution in [3.63, 3.8) is 0 Å². The van der Waals surface area contributed by atoms with Gasteiger partial charge in [-0.15, -0.1) is 11.3 Å². The van der Waals surface area contributed by atoms with Crippen LogP contribution in [0.5, 0.6) is 17.2 Å². The van der Waals surface area contributed by atoms with E-state index in [4.69, 9.17) is 14.2 Å². The Labute approximate surface area is 170 Å². The minimum Gasteiger partial charge on any atom is -0.493 e. The van der Waals surface area contributed by atoms with E-state index >= 15 is 0 Å². The number of nitriles is 1. The number of hydrogen-bond acceptors (Lipinski definition) is 6. The number of halogens is 1. The number of carbonyl (C=O) groups excluding carboxylic acids is 1. The highest BCUT2D eigenvalue weighted by Crippen LogP contribution is 2.45. The van der Waals surface area contributed by atoms with E-state index in [1.54, 1.807) is 6.07 Å². The molecule has 0 saturated carbocycles. The molecule has 1 heterocycles. The fourth-order valence-corrected chi connectivity index (χ4v) is 5.10. The predicted octanol–water partition coefficient (Wildman–Crippen LogP) is 4.54. The molecule has 1 amide bonds. The van der Waals surface area contributed by atoms with Crippen LogP contribution in [0.1, 0.15) is 39.2 Å². The molecule has 0 fully saturated rings. The molecule has 1 aliphatic carbocycles. The summed E-state index contributed by atoms with van der Waals surface area (Å²) >= 11 is 4.91. The number of thiophene rings is 1. The first kappa shape index (κ1) is 19.5. The molecule has 2 aromatic rings. The summed E-state index contributed by atoms with van der Waals surface area (Å²) in [6.45, 7) is 0. The first-order valence-electron chi connectivity index (χ1n) is 8.40. The number of fused-ring (bicyclic) bond motifs is 1. The van der Waals surface area contributed by atoms with Gasteiger partial charge in [0.25, 0.3) is 5.91 Å². The van der Waals surface area contributed by atoms with E-state index in [0.29, 0.717) is 37.8 Å². The standard InChI is InChI=1S/C19H19BrN2O4S/c1-24-13-8-11(15(20)17(26-3)16(13)25-2)18(23)22-19-12(9-21)10-6-4-5-7-14(10)27-19/h8H,4-7H2,1-3H3,(H,22,23). The minimum atomic E-state index is -0.351. The Bertz CT molecular complexity index is 933. The van der Waals surface area contributed by atoms with Gasteiger partial charge in [0.05, 0.1) is 36.9 Å². The van der Waals surface area contributed by atoms with Crippen molar-refractivity contribution in [2.24, 2.45) is 0 Å². The summed E-state index contributed by atoms with van der Waals surface area (Å²) in [5.41, 5.74) is 1.99. The molecule has 0 radical (unpaired) electrons. The van der Waals surface area contributed by atoms with Crippen LogP contribution in [0.4, 0.5) is 5.00 Å². The van der Waals surface area contributed by atoms with Crippen LogP contribution >= 0.6 is 27.3 Å². The molecule has 27 heavy (non-hydrogen) atoms. The fourth-order valence-electron chi connectivity index (χ4n) is 3.23. The van der Waals surface area contributed by atoms with Gasteiger partial charge < -0.3 is 19.5 Å². The molecule has 1 aliphatic rings. The molecule has 0 unspecified atom stereocenters. The Morgan fingerprint density at radius 2 is 1.89 bits per heavy atom. The number of nitrogens with one attached hydrogen (secondary N) is 1. The normalized spacial score (nSPS) is 12.7. The second-order valence-electron chi connectivity index (χ2n) is 5.99. The molecule has 0 bridgehead atoms. The summed E-state index contributed by atoms with van der Waals surface area (Å²) < 4.78 is 16.5. The van der Waals surface area contributed by atoms with Gasteiger partial charge >= 0.3 is 0 Å². The van der Waals surface area contributed by atoms with Crippen LogP contribution in [0.25, 0.3) is 0 Å². The van der Waals surface area contributed by atoms with Crippen LogP contribution < -0.4 is 19.5 Å². The van der Waals surface area contributed by atoms with Crippen molar-refractivity contribution in [3.05, 3.63) is 32.1 Å². The molecule has 0 saturated heterocycles. The molecule has 1 N–H and O–H groups in total. The number of ether oxygens (including phenoxy) is 3. The Balaban J connectivity index is 2.00. The second kappa shape index (κ2) is 8.19. The molecular formula is C19H19BrN2O4S. The van der Waals surface area contributed by atoms with Crippen LogP contribution in [-0.2, 0) is 12.8 Å². The summed E-state index contributed by atoms with van der Waals surface area (Å²) in [6, 6.07) is 3.84. The third-order valence-electron chi connectivity index (χ3n) is 4.52. The number of carbonyl (C=O) groups is 1. The van der Waals surface area contributed by atoms with Crippen LogP contribution in [0, 0.1) is 11.3 Å². The summed E-state index contributed by atoms with van der Waals surface area (Å²) in [7, 11) is 4.49. The van der Waals surface area contributed by atoms with E-state index in [-0.39, 0.29) is 5.91 Å². The molecule has 0 spiro atoms. The van der Waals surface area contributed by atoms with Crippen molar-refractivity contribution in [1.82, 2.24) is 0 Å². The van der Waals surface area contributed by atoms with Crippen molar-refractivity contribution in [2.75, 3.05) is 26.6 Å². The van der Waals surface area contributed by atoms with Crippen molar-refractivity contribution >= 4 is 38.2 Å². The number of benzene rings is 1. The van der Waals surface area contributed by atoms with Crippen LogP contribution in [0.2, 0.25) is 0 Å². The first-order chi connectivity index (χ1) is 13.0. The molecule has 0 atom stereocenters. The maximum Gasteiger partial charge on any atom is 0.257 e. The lowest BCUT2D eigenvalue weighted by Gasteiger charge is -2.16.